The third kappa shape index (κ3) is 15.3. The summed E-state index contributed by atoms with van der Waals surface area (Å²) in [5, 5.41) is 14.3. The number of benzene rings is 18. The summed E-state index contributed by atoms with van der Waals surface area (Å²) < 4.78 is 0. The van der Waals surface area contributed by atoms with E-state index < -0.39 is 0 Å². The Hall–Kier alpha value is -13.2. The molecule has 0 bridgehead atoms. The van der Waals surface area contributed by atoms with Crippen LogP contribution in [0.5, 0.6) is 0 Å². The van der Waals surface area contributed by atoms with Crippen molar-refractivity contribution in [1.29, 1.82) is 0 Å². The monoisotopic (exact) mass is 1390 g/mol. The number of anilines is 5. The van der Waals surface area contributed by atoms with Gasteiger partial charge in [-0.2, -0.15) is 0 Å². The lowest BCUT2D eigenvalue weighted by molar-refractivity contribution is 1.11. The van der Waals surface area contributed by atoms with Crippen LogP contribution in [0.15, 0.2) is 425 Å². The Morgan fingerprint density at radius 3 is 0.708 bits per heavy atom. The summed E-state index contributed by atoms with van der Waals surface area (Å²) in [5.74, 6) is 0. The number of nitrogens with zero attached hydrogens (tertiary/aromatic N) is 1. The molecule has 18 aromatic rings. The third-order valence-corrected chi connectivity index (χ3v) is 19.5. The Morgan fingerprint density at radius 1 is 0.179 bits per heavy atom. The number of hydrogen-bond acceptors (Lipinski definition) is 2. The summed E-state index contributed by atoms with van der Waals surface area (Å²) in [6.45, 7) is 0. The number of hydrogen-bond donors (Lipinski definition) is 1. The molecule has 512 valence electrons. The van der Waals surface area contributed by atoms with Gasteiger partial charge in [-0.25, -0.2) is 0 Å². The van der Waals surface area contributed by atoms with Crippen LogP contribution in [-0.4, -0.2) is 0 Å². The molecule has 106 heavy (non-hydrogen) atoms. The van der Waals surface area contributed by atoms with Crippen molar-refractivity contribution in [1.82, 2.24) is 0 Å². The van der Waals surface area contributed by atoms with E-state index in [-0.39, 0.29) is 19.6 Å². The van der Waals surface area contributed by atoms with E-state index in [1.165, 1.54) is 127 Å². The zero-order valence-electron chi connectivity index (χ0n) is 57.1. The minimum absolute atomic E-state index is 0. The summed E-state index contributed by atoms with van der Waals surface area (Å²) in [7, 11) is 0. The van der Waals surface area contributed by atoms with Crippen molar-refractivity contribution < 1.29 is 4.70 Å². The molecular weight excluding hydrogens is 1310 g/mol. The molecule has 0 saturated carbocycles. The SMILES string of the molecule is C.C.Clc1cccc(-c2c(-c3ccccc3)c3ccccc3c3ccccc23)c1.F.c1ccc(-c2ccc(N(c3ccc(-c4ccccc4)cc3)c3cccc(-c4c(-c5ccccc5)c5ccccc5c5ccccc45)c3)cc2)cc1.c1ccc(-c2ccc(Nc3ccc(-c4ccccc4)cc3)cc2)cc1. The normalized spacial score (nSPS) is 10.7. The predicted molar refractivity (Wildman–Crippen MR) is 458 cm³/mol. The molecule has 0 radical (unpaired) electrons. The quantitative estimate of drug-likeness (QED) is 0.116. The fourth-order valence-electron chi connectivity index (χ4n) is 14.4. The molecular formula is C102H80ClFN2. The fourth-order valence-corrected chi connectivity index (χ4v) is 14.6. The first kappa shape index (κ1) is 71.2. The Kier molecular flexibility index (Phi) is 22.4. The largest absolute Gasteiger partial charge is 0.356 e. The fraction of sp³-hybridized carbons (Fsp3) is 0.0196. The van der Waals surface area contributed by atoms with E-state index in [0.717, 1.165) is 39.0 Å². The molecule has 0 heterocycles. The van der Waals surface area contributed by atoms with Crippen LogP contribution in [-0.2, 0) is 0 Å². The zero-order valence-corrected chi connectivity index (χ0v) is 57.9. The average Bonchev–Trinajstić information content (AvgIpc) is 0.741. The standard InChI is InChI=1S/C50H35N.C26H17Cl.C24H19N.2CH4.FH/c1-4-15-36(16-5-1)38-27-31-42(32-28-38)51(43-33-29-39(30-34-43)37-17-6-2-7-18-37)44-22-14-21-41(35-44)50-48-26-13-11-24-46(48)45-23-10-12-25-47(45)49(50)40-19-8-3-9-20-40;27-20-12-8-11-19(17-20)26-24-16-7-5-14-22(24)21-13-4-6-15-23(21)25(26)18-9-2-1-3-10-18;1-3-7-19(8-4-1)21-11-15-23(16-12-21)25-24-17-13-22(14-18-24)20-9-5-2-6-10-20;;;/h1-35H;1-17H;1-18,25H;2*1H4;1H. The van der Waals surface area contributed by atoms with Crippen LogP contribution in [0.1, 0.15) is 14.9 Å². The summed E-state index contributed by atoms with van der Waals surface area (Å²) in [6.07, 6.45) is 0. The molecule has 0 aromatic heterocycles. The maximum absolute atomic E-state index is 6.36. The first-order valence-corrected chi connectivity index (χ1v) is 35.4. The molecule has 0 atom stereocenters. The van der Waals surface area contributed by atoms with Crippen LogP contribution >= 0.6 is 11.6 Å². The highest BCUT2D eigenvalue weighted by atomic mass is 35.5. The van der Waals surface area contributed by atoms with E-state index in [1.807, 2.05) is 24.3 Å². The highest BCUT2D eigenvalue weighted by Crippen LogP contribution is 2.48. The molecule has 0 amide bonds. The Labute approximate surface area is 627 Å². The molecule has 0 saturated heterocycles. The number of halogens is 2. The maximum atomic E-state index is 6.36. The van der Waals surface area contributed by atoms with Gasteiger partial charge in [0.2, 0.25) is 0 Å². The third-order valence-electron chi connectivity index (χ3n) is 19.2. The number of nitrogens with one attached hydrogen (secondary N) is 1. The van der Waals surface area contributed by atoms with Crippen molar-refractivity contribution in [2.24, 2.45) is 0 Å². The first-order valence-electron chi connectivity index (χ1n) is 35.1. The lowest BCUT2D eigenvalue weighted by atomic mass is 9.85. The predicted octanol–water partition coefficient (Wildman–Crippen LogP) is 30.3. The second-order valence-electron chi connectivity index (χ2n) is 25.6. The van der Waals surface area contributed by atoms with Gasteiger partial charge in [0, 0.05) is 33.5 Å². The van der Waals surface area contributed by atoms with Gasteiger partial charge in [0.15, 0.2) is 0 Å². The molecule has 0 aliphatic heterocycles. The van der Waals surface area contributed by atoms with E-state index in [2.05, 4.69) is 411 Å². The summed E-state index contributed by atoms with van der Waals surface area (Å²) in [6, 6.07) is 151. The maximum Gasteiger partial charge on any atom is 0.0467 e. The van der Waals surface area contributed by atoms with Gasteiger partial charge < -0.3 is 10.2 Å². The smallest absolute Gasteiger partial charge is 0.0467 e. The summed E-state index contributed by atoms with van der Waals surface area (Å²) in [5.41, 5.74) is 25.0. The first-order chi connectivity index (χ1) is 51.0. The van der Waals surface area contributed by atoms with Gasteiger partial charge in [-0.05, 0) is 205 Å². The molecule has 0 spiro atoms. The van der Waals surface area contributed by atoms with Crippen LogP contribution in [0.4, 0.5) is 33.1 Å². The van der Waals surface area contributed by atoms with Crippen LogP contribution in [0.25, 0.3) is 132 Å². The van der Waals surface area contributed by atoms with E-state index in [1.54, 1.807) is 0 Å². The molecule has 2 nitrogen and oxygen atoms in total. The molecule has 0 aliphatic rings. The molecule has 0 aliphatic carbocycles. The molecule has 4 heteroatoms. The zero-order chi connectivity index (χ0) is 69.1. The van der Waals surface area contributed by atoms with Gasteiger partial charge in [-0.15, -0.1) is 0 Å². The van der Waals surface area contributed by atoms with Gasteiger partial charge in [0.1, 0.15) is 0 Å². The molecule has 0 unspecified atom stereocenters. The highest BCUT2D eigenvalue weighted by Gasteiger charge is 2.22. The van der Waals surface area contributed by atoms with E-state index >= 15 is 0 Å². The van der Waals surface area contributed by atoms with Crippen molar-refractivity contribution >= 4 is 83.1 Å². The molecule has 0 fully saturated rings. The average molecular weight is 1390 g/mol. The van der Waals surface area contributed by atoms with E-state index in [0.29, 0.717) is 0 Å². The topological polar surface area (TPSA) is 15.3 Å². The minimum Gasteiger partial charge on any atom is -0.356 e. The molecule has 18 aromatic carbocycles. The van der Waals surface area contributed by atoms with Crippen molar-refractivity contribution in [2.45, 2.75) is 14.9 Å². The molecule has 1 N–H and O–H groups in total. The second kappa shape index (κ2) is 33.3. The van der Waals surface area contributed by atoms with Gasteiger partial charge in [-0.1, -0.05) is 378 Å². The van der Waals surface area contributed by atoms with E-state index in [4.69, 9.17) is 11.6 Å². The summed E-state index contributed by atoms with van der Waals surface area (Å²) >= 11 is 6.36. The summed E-state index contributed by atoms with van der Waals surface area (Å²) in [4.78, 5) is 2.37. The van der Waals surface area contributed by atoms with Gasteiger partial charge in [-0.3, -0.25) is 4.70 Å². The molecule has 18 rings (SSSR count). The van der Waals surface area contributed by atoms with Gasteiger partial charge in [0.05, 0.1) is 0 Å². The van der Waals surface area contributed by atoms with Gasteiger partial charge in [0.25, 0.3) is 0 Å². The van der Waals surface area contributed by atoms with Crippen molar-refractivity contribution in [3.63, 3.8) is 0 Å². The van der Waals surface area contributed by atoms with Gasteiger partial charge >= 0.3 is 0 Å². The second-order valence-corrected chi connectivity index (χ2v) is 26.1. The number of fused-ring (bicyclic) bond motifs is 6. The lowest BCUT2D eigenvalue weighted by Crippen LogP contribution is -2.10. The lowest BCUT2D eigenvalue weighted by Gasteiger charge is -2.27. The van der Waals surface area contributed by atoms with Crippen molar-refractivity contribution in [2.75, 3.05) is 10.2 Å². The van der Waals surface area contributed by atoms with Crippen LogP contribution in [0, 0.1) is 0 Å². The Morgan fingerprint density at radius 2 is 0.406 bits per heavy atom. The Bertz CT molecular complexity index is 5740. The van der Waals surface area contributed by atoms with Crippen LogP contribution < -0.4 is 10.2 Å². The number of rotatable bonds is 13. The van der Waals surface area contributed by atoms with Crippen LogP contribution in [0.2, 0.25) is 5.02 Å². The van der Waals surface area contributed by atoms with Crippen molar-refractivity contribution in [3.05, 3.63) is 430 Å². The van der Waals surface area contributed by atoms with E-state index in [9.17, 15) is 0 Å². The Balaban J connectivity index is 0.000000153. The highest BCUT2D eigenvalue weighted by molar-refractivity contribution is 6.31. The van der Waals surface area contributed by atoms with Crippen molar-refractivity contribution in [3.8, 4) is 89.0 Å². The minimum atomic E-state index is 0. The van der Waals surface area contributed by atoms with Crippen LogP contribution in [0.3, 0.4) is 0 Å².